The van der Waals surface area contributed by atoms with Crippen molar-refractivity contribution in [2.24, 2.45) is 5.92 Å². The van der Waals surface area contributed by atoms with Gasteiger partial charge in [-0.25, -0.2) is 4.39 Å². The molecule has 0 unspecified atom stereocenters. The molecule has 0 radical (unpaired) electrons. The lowest BCUT2D eigenvalue weighted by atomic mass is 9.87. The molecular formula is C19H13ClF4O2. The molecular weight excluding hydrogens is 372 g/mol. The highest BCUT2D eigenvalue weighted by Gasteiger charge is 2.44. The number of alkyl halides is 3. The summed E-state index contributed by atoms with van der Waals surface area (Å²) >= 11 is 5.69. The molecule has 0 saturated carbocycles. The van der Waals surface area contributed by atoms with Crippen molar-refractivity contribution >= 4 is 23.2 Å². The molecule has 136 valence electrons. The first-order valence-corrected chi connectivity index (χ1v) is 7.82. The molecule has 0 spiro atoms. The van der Waals surface area contributed by atoms with Gasteiger partial charge in [0.25, 0.3) is 0 Å². The predicted molar refractivity (Wildman–Crippen MR) is 89.8 cm³/mol. The van der Waals surface area contributed by atoms with Gasteiger partial charge in [0.05, 0.1) is 5.92 Å². The van der Waals surface area contributed by atoms with Crippen LogP contribution >= 0.6 is 11.6 Å². The number of Topliss-reactive ketones (excluding diaryl/α,β-unsaturated/α-hetero) is 2. The minimum Gasteiger partial charge on any atom is -0.294 e. The smallest absolute Gasteiger partial charge is 0.294 e. The van der Waals surface area contributed by atoms with E-state index in [0.717, 1.165) is 24.3 Å². The molecule has 2 rings (SSSR count). The molecule has 0 aliphatic rings. The summed E-state index contributed by atoms with van der Waals surface area (Å²) in [6.45, 7) is 3.24. The Morgan fingerprint density at radius 1 is 0.962 bits per heavy atom. The van der Waals surface area contributed by atoms with E-state index in [9.17, 15) is 27.2 Å². The third-order valence-electron chi connectivity index (χ3n) is 3.77. The standard InChI is InChI=1S/C19H13ClF4O2/c1-11(18(26)13-4-8-15(21)9-5-13)16(19(22,23)24)10-17(25)12-2-6-14(20)7-3-12/h2-9,16H,1,10H2/t16-/m0/s1. The van der Waals surface area contributed by atoms with Gasteiger partial charge in [-0.1, -0.05) is 18.2 Å². The van der Waals surface area contributed by atoms with Crippen LogP contribution in [-0.2, 0) is 0 Å². The highest BCUT2D eigenvalue weighted by molar-refractivity contribution is 6.30. The van der Waals surface area contributed by atoms with Crippen LogP contribution in [0, 0.1) is 11.7 Å². The largest absolute Gasteiger partial charge is 0.396 e. The van der Waals surface area contributed by atoms with Gasteiger partial charge in [0.2, 0.25) is 0 Å². The number of hydrogen-bond acceptors (Lipinski definition) is 2. The molecule has 26 heavy (non-hydrogen) atoms. The van der Waals surface area contributed by atoms with Crippen molar-refractivity contribution in [3.8, 4) is 0 Å². The van der Waals surface area contributed by atoms with Crippen molar-refractivity contribution in [2.45, 2.75) is 12.6 Å². The Labute approximate surface area is 152 Å². The molecule has 2 aromatic carbocycles. The number of carbonyl (C=O) groups is 2. The first kappa shape index (κ1) is 19.8. The molecule has 0 N–H and O–H groups in total. The summed E-state index contributed by atoms with van der Waals surface area (Å²) in [4.78, 5) is 24.4. The van der Waals surface area contributed by atoms with Crippen LogP contribution in [-0.4, -0.2) is 17.7 Å². The third-order valence-corrected chi connectivity index (χ3v) is 4.02. The van der Waals surface area contributed by atoms with Gasteiger partial charge in [-0.05, 0) is 48.5 Å². The Kier molecular flexibility index (Phi) is 5.97. The average Bonchev–Trinajstić information content (AvgIpc) is 2.58. The average molecular weight is 385 g/mol. The van der Waals surface area contributed by atoms with Crippen LogP contribution < -0.4 is 0 Å². The maximum atomic E-state index is 13.4. The Hall–Kier alpha value is -2.47. The van der Waals surface area contributed by atoms with Crippen LogP contribution in [0.15, 0.2) is 60.7 Å². The van der Waals surface area contributed by atoms with Crippen LogP contribution in [0.4, 0.5) is 17.6 Å². The maximum Gasteiger partial charge on any atom is 0.396 e. The zero-order valence-corrected chi connectivity index (χ0v) is 14.1. The summed E-state index contributed by atoms with van der Waals surface area (Å²) in [5.74, 6) is -4.76. The van der Waals surface area contributed by atoms with Crippen LogP contribution in [0.5, 0.6) is 0 Å². The van der Waals surface area contributed by atoms with Gasteiger partial charge in [0.15, 0.2) is 11.6 Å². The second-order valence-corrected chi connectivity index (χ2v) is 6.03. The highest BCUT2D eigenvalue weighted by atomic mass is 35.5. The number of benzene rings is 2. The van der Waals surface area contributed by atoms with Crippen molar-refractivity contribution in [1.29, 1.82) is 0 Å². The predicted octanol–water partition coefficient (Wildman–Crippen LogP) is 5.67. The molecule has 0 saturated heterocycles. The van der Waals surface area contributed by atoms with Crippen molar-refractivity contribution in [3.63, 3.8) is 0 Å². The van der Waals surface area contributed by atoms with E-state index in [2.05, 4.69) is 6.58 Å². The van der Waals surface area contributed by atoms with Gasteiger partial charge >= 0.3 is 6.18 Å². The molecule has 0 fully saturated rings. The molecule has 0 aliphatic heterocycles. The van der Waals surface area contributed by atoms with Gasteiger partial charge in [0, 0.05) is 28.1 Å². The number of ketones is 2. The molecule has 0 bridgehead atoms. The molecule has 7 heteroatoms. The number of carbonyl (C=O) groups excluding carboxylic acids is 2. The Bertz CT molecular complexity index is 824. The van der Waals surface area contributed by atoms with E-state index in [-0.39, 0.29) is 11.1 Å². The number of allylic oxidation sites excluding steroid dienone is 1. The SMILES string of the molecule is C=C(C(=O)c1ccc(F)cc1)[C@H](CC(=O)c1ccc(Cl)cc1)C(F)(F)F. The van der Waals surface area contributed by atoms with Gasteiger partial charge in [0.1, 0.15) is 5.82 Å². The van der Waals surface area contributed by atoms with E-state index in [1.54, 1.807) is 0 Å². The van der Waals surface area contributed by atoms with E-state index in [0.29, 0.717) is 5.02 Å². The lowest BCUT2D eigenvalue weighted by Crippen LogP contribution is -2.30. The van der Waals surface area contributed by atoms with Gasteiger partial charge in [-0.2, -0.15) is 13.2 Å². The fourth-order valence-electron chi connectivity index (χ4n) is 2.32. The highest BCUT2D eigenvalue weighted by Crippen LogP contribution is 2.36. The maximum absolute atomic E-state index is 13.4. The fraction of sp³-hybridized carbons (Fsp3) is 0.158. The Morgan fingerprint density at radius 2 is 1.46 bits per heavy atom. The lowest BCUT2D eigenvalue weighted by molar-refractivity contribution is -0.162. The monoisotopic (exact) mass is 384 g/mol. The number of hydrogen-bond donors (Lipinski definition) is 0. The van der Waals surface area contributed by atoms with Gasteiger partial charge in [-0.3, -0.25) is 9.59 Å². The summed E-state index contributed by atoms with van der Waals surface area (Å²) in [7, 11) is 0. The van der Waals surface area contributed by atoms with E-state index in [1.165, 1.54) is 24.3 Å². The summed E-state index contributed by atoms with van der Waals surface area (Å²) in [6, 6.07) is 9.44. The van der Waals surface area contributed by atoms with Crippen molar-refractivity contribution in [3.05, 3.63) is 82.6 Å². The van der Waals surface area contributed by atoms with Crippen molar-refractivity contribution in [1.82, 2.24) is 0 Å². The van der Waals surface area contributed by atoms with Crippen molar-refractivity contribution in [2.75, 3.05) is 0 Å². The molecule has 2 nitrogen and oxygen atoms in total. The third kappa shape index (κ3) is 4.79. The van der Waals surface area contributed by atoms with E-state index in [1.807, 2.05) is 0 Å². The second kappa shape index (κ2) is 7.83. The van der Waals surface area contributed by atoms with E-state index in [4.69, 9.17) is 11.6 Å². The van der Waals surface area contributed by atoms with Crippen LogP contribution in [0.3, 0.4) is 0 Å². The first-order chi connectivity index (χ1) is 12.1. The fourth-order valence-corrected chi connectivity index (χ4v) is 2.45. The van der Waals surface area contributed by atoms with Crippen LogP contribution in [0.1, 0.15) is 27.1 Å². The summed E-state index contributed by atoms with van der Waals surface area (Å²) in [6.07, 6.45) is -5.80. The van der Waals surface area contributed by atoms with Gasteiger partial charge in [-0.15, -0.1) is 0 Å². The van der Waals surface area contributed by atoms with E-state index >= 15 is 0 Å². The summed E-state index contributed by atoms with van der Waals surface area (Å²) in [5.41, 5.74) is -0.860. The van der Waals surface area contributed by atoms with Crippen molar-refractivity contribution < 1.29 is 27.2 Å². The molecule has 1 atom stereocenters. The lowest BCUT2D eigenvalue weighted by Gasteiger charge is -2.21. The minimum atomic E-state index is -4.84. The second-order valence-electron chi connectivity index (χ2n) is 5.59. The molecule has 0 aromatic heterocycles. The minimum absolute atomic E-state index is 0.0469. The Morgan fingerprint density at radius 3 is 1.96 bits per heavy atom. The molecule has 0 aliphatic carbocycles. The molecule has 2 aromatic rings. The Balaban J connectivity index is 2.25. The van der Waals surface area contributed by atoms with Crippen LogP contribution in [0.25, 0.3) is 0 Å². The normalized spacial score (nSPS) is 12.5. The van der Waals surface area contributed by atoms with Gasteiger partial charge < -0.3 is 0 Å². The zero-order chi connectivity index (χ0) is 19.5. The quantitative estimate of drug-likeness (QED) is 0.365. The zero-order valence-electron chi connectivity index (χ0n) is 13.3. The first-order valence-electron chi connectivity index (χ1n) is 7.44. The summed E-state index contributed by atoms with van der Waals surface area (Å²) < 4.78 is 53.1. The molecule has 0 heterocycles. The summed E-state index contributed by atoms with van der Waals surface area (Å²) in [5, 5.41) is 0.338. The number of rotatable bonds is 6. The molecule has 0 amide bonds. The number of halogens is 5. The van der Waals surface area contributed by atoms with E-state index < -0.39 is 41.5 Å². The topological polar surface area (TPSA) is 34.1 Å². The van der Waals surface area contributed by atoms with Crippen LogP contribution in [0.2, 0.25) is 5.02 Å².